The third-order valence-corrected chi connectivity index (χ3v) is 2.50. The molecule has 0 saturated carbocycles. The van der Waals surface area contributed by atoms with E-state index in [2.05, 4.69) is 4.98 Å². The van der Waals surface area contributed by atoms with Crippen molar-refractivity contribution in [2.24, 2.45) is 0 Å². The van der Waals surface area contributed by atoms with Crippen LogP contribution < -0.4 is 0 Å². The van der Waals surface area contributed by atoms with E-state index < -0.39 is 11.8 Å². The molecule has 0 amide bonds. The molecular formula is C10H8ClFN2O2. The average molecular weight is 243 g/mol. The summed E-state index contributed by atoms with van der Waals surface area (Å²) in [7, 11) is 0. The Bertz CT molecular complexity index is 553. The molecule has 0 radical (unpaired) electrons. The molecule has 6 heteroatoms. The lowest BCUT2D eigenvalue weighted by atomic mass is 10.3. The molecule has 1 N–H and O–H groups in total. The van der Waals surface area contributed by atoms with Crippen LogP contribution in [0.15, 0.2) is 18.2 Å². The summed E-state index contributed by atoms with van der Waals surface area (Å²) < 4.78 is 14.5. The molecule has 1 heterocycles. The number of aryl methyl sites for hydroxylation is 1. The first-order valence-electron chi connectivity index (χ1n) is 4.61. The number of hydrogen-bond acceptors (Lipinski definition) is 2. The number of rotatable bonds is 3. The smallest absolute Gasteiger partial charge is 0.305 e. The largest absolute Gasteiger partial charge is 0.481 e. The van der Waals surface area contributed by atoms with E-state index in [4.69, 9.17) is 16.7 Å². The van der Waals surface area contributed by atoms with Gasteiger partial charge in [-0.1, -0.05) is 0 Å². The zero-order valence-corrected chi connectivity index (χ0v) is 8.91. The van der Waals surface area contributed by atoms with Gasteiger partial charge < -0.3 is 9.67 Å². The summed E-state index contributed by atoms with van der Waals surface area (Å²) in [6.07, 6.45) is -0.0817. The van der Waals surface area contributed by atoms with E-state index in [0.717, 1.165) is 0 Å². The van der Waals surface area contributed by atoms with Crippen LogP contribution in [-0.2, 0) is 11.3 Å². The molecule has 4 nitrogen and oxygen atoms in total. The van der Waals surface area contributed by atoms with Crippen LogP contribution in [0.2, 0.25) is 5.28 Å². The predicted molar refractivity (Wildman–Crippen MR) is 57.0 cm³/mol. The minimum Gasteiger partial charge on any atom is -0.481 e. The molecule has 0 unspecified atom stereocenters. The molecule has 1 aromatic heterocycles. The molecule has 0 aliphatic carbocycles. The van der Waals surface area contributed by atoms with Crippen LogP contribution in [0.25, 0.3) is 11.0 Å². The molecule has 84 valence electrons. The number of carbonyl (C=O) groups is 1. The van der Waals surface area contributed by atoms with Gasteiger partial charge in [-0.25, -0.2) is 9.37 Å². The normalized spacial score (nSPS) is 10.9. The average Bonchev–Trinajstić information content (AvgIpc) is 2.51. The van der Waals surface area contributed by atoms with Gasteiger partial charge >= 0.3 is 5.97 Å². The Balaban J connectivity index is 2.45. The summed E-state index contributed by atoms with van der Waals surface area (Å²) in [5.41, 5.74) is 1.06. The van der Waals surface area contributed by atoms with E-state index >= 15 is 0 Å². The van der Waals surface area contributed by atoms with E-state index in [1.807, 2.05) is 0 Å². The number of fused-ring (bicyclic) bond motifs is 1. The third-order valence-electron chi connectivity index (χ3n) is 2.21. The monoisotopic (exact) mass is 242 g/mol. The highest BCUT2D eigenvalue weighted by Crippen LogP contribution is 2.20. The molecular weight excluding hydrogens is 235 g/mol. The second-order valence-corrected chi connectivity index (χ2v) is 3.65. The minimum atomic E-state index is -0.936. The zero-order chi connectivity index (χ0) is 11.7. The number of aromatic nitrogens is 2. The summed E-state index contributed by atoms with van der Waals surface area (Å²) in [5.74, 6) is -1.34. The number of carboxylic acid groups (broad SMARTS) is 1. The number of hydrogen-bond donors (Lipinski definition) is 1. The first kappa shape index (κ1) is 10.9. The quantitative estimate of drug-likeness (QED) is 0.899. The number of imidazole rings is 1. The molecule has 0 atom stereocenters. The molecule has 2 rings (SSSR count). The van der Waals surface area contributed by atoms with Gasteiger partial charge in [0.2, 0.25) is 5.28 Å². The fourth-order valence-corrected chi connectivity index (χ4v) is 1.75. The molecule has 16 heavy (non-hydrogen) atoms. The van der Waals surface area contributed by atoms with E-state index in [0.29, 0.717) is 11.0 Å². The molecule has 0 saturated heterocycles. The Hall–Kier alpha value is -1.62. The van der Waals surface area contributed by atoms with Gasteiger partial charge in [0.25, 0.3) is 0 Å². The van der Waals surface area contributed by atoms with Crippen LogP contribution in [0.1, 0.15) is 6.42 Å². The summed E-state index contributed by atoms with van der Waals surface area (Å²) in [5, 5.41) is 8.75. The lowest BCUT2D eigenvalue weighted by molar-refractivity contribution is -0.137. The highest BCUT2D eigenvalue weighted by atomic mass is 35.5. The van der Waals surface area contributed by atoms with E-state index in [-0.39, 0.29) is 18.2 Å². The van der Waals surface area contributed by atoms with Gasteiger partial charge in [-0.2, -0.15) is 0 Å². The second-order valence-electron chi connectivity index (χ2n) is 3.31. The van der Waals surface area contributed by atoms with Crippen LogP contribution in [-0.4, -0.2) is 20.6 Å². The Kier molecular flexibility index (Phi) is 2.78. The first-order valence-corrected chi connectivity index (χ1v) is 4.99. The number of aliphatic carboxylic acids is 1. The molecule has 0 bridgehead atoms. The number of nitrogens with zero attached hydrogens (tertiary/aromatic N) is 2. The minimum absolute atomic E-state index is 0.0817. The van der Waals surface area contributed by atoms with Crippen molar-refractivity contribution >= 4 is 28.6 Å². The van der Waals surface area contributed by atoms with Crippen LogP contribution in [0.5, 0.6) is 0 Å². The topological polar surface area (TPSA) is 55.1 Å². The van der Waals surface area contributed by atoms with Crippen LogP contribution in [0, 0.1) is 5.82 Å². The van der Waals surface area contributed by atoms with Gasteiger partial charge in [0.1, 0.15) is 5.82 Å². The van der Waals surface area contributed by atoms with Gasteiger partial charge in [0, 0.05) is 6.54 Å². The van der Waals surface area contributed by atoms with Crippen molar-refractivity contribution in [3.8, 4) is 0 Å². The number of halogens is 2. The van der Waals surface area contributed by atoms with Crippen molar-refractivity contribution in [3.05, 3.63) is 29.3 Å². The van der Waals surface area contributed by atoms with Crippen molar-refractivity contribution in [1.82, 2.24) is 9.55 Å². The van der Waals surface area contributed by atoms with Crippen molar-refractivity contribution < 1.29 is 14.3 Å². The van der Waals surface area contributed by atoms with Crippen molar-refractivity contribution in [3.63, 3.8) is 0 Å². The molecule has 0 aliphatic rings. The standard InChI is InChI=1S/C10H8ClFN2O2/c11-10-13-7-2-1-6(12)5-8(7)14(10)4-3-9(15)16/h1-2,5H,3-4H2,(H,15,16). The number of benzene rings is 1. The van der Waals surface area contributed by atoms with Gasteiger partial charge in [0.05, 0.1) is 17.5 Å². The van der Waals surface area contributed by atoms with Gasteiger partial charge in [-0.05, 0) is 29.8 Å². The fourth-order valence-electron chi connectivity index (χ4n) is 1.49. The highest BCUT2D eigenvalue weighted by molar-refractivity contribution is 6.29. The molecule has 0 aliphatic heterocycles. The Morgan fingerprint density at radius 1 is 1.56 bits per heavy atom. The summed E-state index contributed by atoms with van der Waals surface area (Å²) >= 11 is 5.84. The first-order chi connectivity index (χ1) is 7.58. The van der Waals surface area contributed by atoms with Gasteiger partial charge in [-0.3, -0.25) is 4.79 Å². The number of carboxylic acids is 1. The Morgan fingerprint density at radius 2 is 2.31 bits per heavy atom. The SMILES string of the molecule is O=C(O)CCn1c(Cl)nc2ccc(F)cc21. The predicted octanol–water partition coefficient (Wildman–Crippen LogP) is 2.30. The molecule has 0 fully saturated rings. The van der Waals surface area contributed by atoms with Gasteiger partial charge in [-0.15, -0.1) is 0 Å². The molecule has 1 aromatic carbocycles. The summed E-state index contributed by atoms with van der Waals surface area (Å²) in [4.78, 5) is 14.5. The molecule has 2 aromatic rings. The van der Waals surface area contributed by atoms with Crippen LogP contribution >= 0.6 is 11.6 Å². The third kappa shape index (κ3) is 1.99. The van der Waals surface area contributed by atoms with E-state index in [1.54, 1.807) is 0 Å². The highest BCUT2D eigenvalue weighted by Gasteiger charge is 2.10. The Labute approximate surface area is 95.3 Å². The lowest BCUT2D eigenvalue weighted by Crippen LogP contribution is -2.04. The van der Waals surface area contributed by atoms with Crippen LogP contribution in [0.4, 0.5) is 4.39 Å². The lowest BCUT2D eigenvalue weighted by Gasteiger charge is -2.02. The maximum Gasteiger partial charge on any atom is 0.305 e. The zero-order valence-electron chi connectivity index (χ0n) is 8.15. The fraction of sp³-hybridized carbons (Fsp3) is 0.200. The Morgan fingerprint density at radius 3 is 3.00 bits per heavy atom. The summed E-state index contributed by atoms with van der Waals surface area (Å²) in [6, 6.07) is 4.08. The van der Waals surface area contributed by atoms with Crippen LogP contribution in [0.3, 0.4) is 0 Å². The van der Waals surface area contributed by atoms with Crippen molar-refractivity contribution in [1.29, 1.82) is 0 Å². The van der Waals surface area contributed by atoms with Crippen molar-refractivity contribution in [2.75, 3.05) is 0 Å². The maximum absolute atomic E-state index is 13.0. The van der Waals surface area contributed by atoms with E-state index in [1.165, 1.54) is 22.8 Å². The van der Waals surface area contributed by atoms with Gasteiger partial charge in [0.15, 0.2) is 0 Å². The maximum atomic E-state index is 13.0. The van der Waals surface area contributed by atoms with E-state index in [9.17, 15) is 9.18 Å². The molecule has 0 spiro atoms. The summed E-state index contributed by atoms with van der Waals surface area (Å²) in [6.45, 7) is 0.175. The second kappa shape index (κ2) is 4.09. The van der Waals surface area contributed by atoms with Crippen molar-refractivity contribution in [2.45, 2.75) is 13.0 Å².